The van der Waals surface area contributed by atoms with Gasteiger partial charge in [-0.2, -0.15) is 0 Å². The first kappa shape index (κ1) is 24.0. The second-order valence-corrected chi connectivity index (χ2v) is 8.18. The summed E-state index contributed by atoms with van der Waals surface area (Å²) in [6, 6.07) is 14.8. The maximum Gasteiger partial charge on any atom is 0.407 e. The van der Waals surface area contributed by atoms with Gasteiger partial charge in [-0.3, -0.25) is 9.59 Å². The van der Waals surface area contributed by atoms with Crippen molar-refractivity contribution in [3.8, 4) is 11.1 Å². The highest BCUT2D eigenvalue weighted by Crippen LogP contribution is 2.44. The van der Waals surface area contributed by atoms with Gasteiger partial charge in [0.1, 0.15) is 19.2 Å². The molecule has 35 heavy (non-hydrogen) atoms. The van der Waals surface area contributed by atoms with Crippen molar-refractivity contribution < 1.29 is 29.3 Å². The Hall–Kier alpha value is -4.18. The number of ether oxygens (including phenoxy) is 1. The van der Waals surface area contributed by atoms with Crippen LogP contribution in [0.3, 0.4) is 0 Å². The summed E-state index contributed by atoms with van der Waals surface area (Å²) in [6.45, 7) is -1.14. The molecule has 4 N–H and O–H groups in total. The number of benzene rings is 2. The van der Waals surface area contributed by atoms with E-state index in [4.69, 9.17) is 9.84 Å². The quantitative estimate of drug-likeness (QED) is 0.347. The summed E-state index contributed by atoms with van der Waals surface area (Å²) in [4.78, 5) is 44.8. The van der Waals surface area contributed by atoms with Crippen LogP contribution in [0.2, 0.25) is 0 Å². The second-order valence-electron chi connectivity index (χ2n) is 8.18. The summed E-state index contributed by atoms with van der Waals surface area (Å²) in [7, 11) is 0. The van der Waals surface area contributed by atoms with Crippen molar-refractivity contribution in [1.29, 1.82) is 0 Å². The highest BCUT2D eigenvalue weighted by Gasteiger charge is 2.31. The third kappa shape index (κ3) is 5.49. The van der Waals surface area contributed by atoms with Crippen LogP contribution in [0.5, 0.6) is 0 Å². The first-order valence-corrected chi connectivity index (χ1v) is 11.2. The van der Waals surface area contributed by atoms with Gasteiger partial charge in [0.25, 0.3) is 0 Å². The predicted molar refractivity (Wildman–Crippen MR) is 126 cm³/mol. The minimum absolute atomic E-state index is 0.0462. The number of carboxylic acid groups (broad SMARTS) is 1. The largest absolute Gasteiger partial charge is 0.480 e. The first-order chi connectivity index (χ1) is 17.0. The Labute approximate surface area is 201 Å². The van der Waals surface area contributed by atoms with E-state index in [1.165, 1.54) is 12.5 Å². The molecule has 1 aromatic heterocycles. The average molecular weight is 479 g/mol. The number of alkyl carbamates (subject to hydrolysis) is 1. The smallest absolute Gasteiger partial charge is 0.407 e. The minimum Gasteiger partial charge on any atom is -0.480 e. The Balaban J connectivity index is 1.47. The summed E-state index contributed by atoms with van der Waals surface area (Å²) in [5.74, 6) is -2.02. The number of carbonyl (C=O) groups is 3. The normalized spacial score (nSPS) is 12.9. The van der Waals surface area contributed by atoms with Gasteiger partial charge in [0, 0.05) is 30.8 Å². The van der Waals surface area contributed by atoms with E-state index in [2.05, 4.69) is 15.3 Å². The molecule has 0 bridgehead atoms. The van der Waals surface area contributed by atoms with Gasteiger partial charge in [-0.05, 0) is 22.3 Å². The summed E-state index contributed by atoms with van der Waals surface area (Å²) in [6.07, 6.45) is 2.19. The topological polar surface area (TPSA) is 145 Å². The molecular weight excluding hydrogens is 452 g/mol. The van der Waals surface area contributed by atoms with E-state index in [-0.39, 0.29) is 25.5 Å². The Morgan fingerprint density at radius 2 is 1.74 bits per heavy atom. The molecule has 3 aromatic rings. The lowest BCUT2D eigenvalue weighted by Gasteiger charge is -2.26. The number of nitrogens with one attached hydrogen (secondary N) is 2. The van der Waals surface area contributed by atoms with Crippen LogP contribution in [-0.4, -0.2) is 75.4 Å². The van der Waals surface area contributed by atoms with E-state index in [1.54, 1.807) is 0 Å². The number of aliphatic hydroxyl groups is 1. The number of hydrogen-bond acceptors (Lipinski definition) is 6. The van der Waals surface area contributed by atoms with Gasteiger partial charge in [-0.15, -0.1) is 0 Å². The number of rotatable bonds is 10. The van der Waals surface area contributed by atoms with Gasteiger partial charge in [0.15, 0.2) is 0 Å². The highest BCUT2D eigenvalue weighted by molar-refractivity contribution is 5.88. The molecule has 10 heteroatoms. The van der Waals surface area contributed by atoms with Gasteiger partial charge in [-0.25, -0.2) is 9.78 Å². The van der Waals surface area contributed by atoms with Crippen molar-refractivity contribution in [3.63, 3.8) is 0 Å². The fraction of sp³-hybridized carbons (Fsp3) is 0.280. The van der Waals surface area contributed by atoms with Crippen LogP contribution < -0.4 is 5.32 Å². The van der Waals surface area contributed by atoms with E-state index in [0.717, 1.165) is 27.2 Å². The SMILES string of the molecule is O=C(O)CN(CCO)C(=O)[C@@H](Cc1cnc[nH]1)NC(=O)OCC1c2ccccc2-c2ccccc21. The standard InChI is InChI=1S/C25H26N4O6/c30-10-9-29(13-23(31)32)24(33)22(11-16-12-26-15-27-16)28-25(34)35-14-21-19-7-3-1-5-17(19)18-6-2-4-8-20(18)21/h1-8,12,15,21-22,30H,9-11,13-14H2,(H,26,27)(H,28,34)(H,31,32)/t22-/m1/s1. The zero-order valence-corrected chi connectivity index (χ0v) is 18.9. The number of carbonyl (C=O) groups excluding carboxylic acids is 2. The van der Waals surface area contributed by atoms with Crippen molar-refractivity contribution in [2.75, 3.05) is 26.3 Å². The Kier molecular flexibility index (Phi) is 7.41. The molecule has 0 spiro atoms. The molecule has 2 amide bonds. The van der Waals surface area contributed by atoms with Crippen LogP contribution in [0.25, 0.3) is 11.1 Å². The van der Waals surface area contributed by atoms with Gasteiger partial charge >= 0.3 is 12.1 Å². The molecular formula is C25H26N4O6. The van der Waals surface area contributed by atoms with E-state index in [1.807, 2.05) is 48.5 Å². The average Bonchev–Trinajstić information content (AvgIpc) is 3.47. The number of carboxylic acids is 1. The first-order valence-electron chi connectivity index (χ1n) is 11.2. The molecule has 1 aliphatic carbocycles. The zero-order chi connectivity index (χ0) is 24.8. The molecule has 0 radical (unpaired) electrons. The summed E-state index contributed by atoms with van der Waals surface area (Å²) >= 11 is 0. The molecule has 182 valence electrons. The fourth-order valence-corrected chi connectivity index (χ4v) is 4.37. The molecule has 1 heterocycles. The summed E-state index contributed by atoms with van der Waals surface area (Å²) in [5, 5.41) is 21.0. The lowest BCUT2D eigenvalue weighted by molar-refractivity contribution is -0.145. The Morgan fingerprint density at radius 3 is 2.31 bits per heavy atom. The maximum atomic E-state index is 13.1. The molecule has 0 saturated heterocycles. The molecule has 0 unspecified atom stereocenters. The van der Waals surface area contributed by atoms with Gasteiger partial charge in [0.05, 0.1) is 12.9 Å². The van der Waals surface area contributed by atoms with Crippen molar-refractivity contribution in [2.24, 2.45) is 0 Å². The van der Waals surface area contributed by atoms with Crippen LogP contribution in [-0.2, 0) is 20.7 Å². The lowest BCUT2D eigenvalue weighted by atomic mass is 9.98. The molecule has 0 saturated carbocycles. The number of aliphatic hydroxyl groups excluding tert-OH is 1. The number of aliphatic carboxylic acids is 1. The van der Waals surface area contributed by atoms with Gasteiger partial charge in [-0.1, -0.05) is 48.5 Å². The molecule has 10 nitrogen and oxygen atoms in total. The molecule has 1 aliphatic rings. The number of nitrogens with zero attached hydrogens (tertiary/aromatic N) is 2. The van der Waals surface area contributed by atoms with Crippen LogP contribution in [0.15, 0.2) is 61.1 Å². The third-order valence-electron chi connectivity index (χ3n) is 5.92. The maximum absolute atomic E-state index is 13.1. The molecule has 1 atom stereocenters. The second kappa shape index (κ2) is 10.8. The number of aromatic nitrogens is 2. The monoisotopic (exact) mass is 478 g/mol. The number of fused-ring (bicyclic) bond motifs is 3. The highest BCUT2D eigenvalue weighted by atomic mass is 16.5. The third-order valence-corrected chi connectivity index (χ3v) is 5.92. The number of aromatic amines is 1. The number of imidazole rings is 1. The summed E-state index contributed by atoms with van der Waals surface area (Å²) in [5.41, 5.74) is 4.88. The Morgan fingerprint density at radius 1 is 1.09 bits per heavy atom. The van der Waals surface area contributed by atoms with Crippen LogP contribution in [0.1, 0.15) is 22.7 Å². The van der Waals surface area contributed by atoms with Gasteiger partial charge < -0.3 is 30.2 Å². The molecule has 0 fully saturated rings. The van der Waals surface area contributed by atoms with E-state index < -0.39 is 37.2 Å². The van der Waals surface area contributed by atoms with Crippen molar-refractivity contribution >= 4 is 18.0 Å². The van der Waals surface area contributed by atoms with Crippen molar-refractivity contribution in [1.82, 2.24) is 20.2 Å². The van der Waals surface area contributed by atoms with Crippen molar-refractivity contribution in [2.45, 2.75) is 18.4 Å². The number of H-pyrrole nitrogens is 1. The minimum atomic E-state index is -1.23. The lowest BCUT2D eigenvalue weighted by Crippen LogP contribution is -2.51. The van der Waals surface area contributed by atoms with E-state index in [0.29, 0.717) is 5.69 Å². The Bertz CT molecular complexity index is 1150. The van der Waals surface area contributed by atoms with E-state index >= 15 is 0 Å². The zero-order valence-electron chi connectivity index (χ0n) is 18.9. The number of amides is 2. The summed E-state index contributed by atoms with van der Waals surface area (Å²) < 4.78 is 5.55. The molecule has 2 aromatic carbocycles. The van der Waals surface area contributed by atoms with Gasteiger partial charge in [0.2, 0.25) is 5.91 Å². The fourth-order valence-electron chi connectivity index (χ4n) is 4.37. The predicted octanol–water partition coefficient (Wildman–Crippen LogP) is 1.77. The molecule has 4 rings (SSSR count). The molecule has 0 aliphatic heterocycles. The van der Waals surface area contributed by atoms with E-state index in [9.17, 15) is 19.5 Å². The number of hydrogen-bond donors (Lipinski definition) is 4. The van der Waals surface area contributed by atoms with Crippen LogP contribution >= 0.6 is 0 Å². The van der Waals surface area contributed by atoms with Crippen LogP contribution in [0.4, 0.5) is 4.79 Å². The van der Waals surface area contributed by atoms with Crippen LogP contribution in [0, 0.1) is 0 Å². The van der Waals surface area contributed by atoms with Crippen molar-refractivity contribution in [3.05, 3.63) is 77.9 Å².